The maximum Gasteiger partial charge on any atom is 0.143 e. The molecular formula is C16H22N2O. The fourth-order valence-corrected chi connectivity index (χ4v) is 3.48. The number of aromatic nitrogens is 1. The van der Waals surface area contributed by atoms with E-state index in [-0.39, 0.29) is 0 Å². The Morgan fingerprint density at radius 3 is 2.84 bits per heavy atom. The molecule has 1 aliphatic rings. The predicted octanol–water partition coefficient (Wildman–Crippen LogP) is 2.57. The quantitative estimate of drug-likeness (QED) is 0.896. The smallest absolute Gasteiger partial charge is 0.143 e. The number of hydrogen-bond donors (Lipinski definition) is 1. The van der Waals surface area contributed by atoms with Crippen molar-refractivity contribution in [2.45, 2.75) is 32.2 Å². The van der Waals surface area contributed by atoms with E-state index in [1.165, 1.54) is 34.1 Å². The van der Waals surface area contributed by atoms with Gasteiger partial charge in [-0.05, 0) is 50.4 Å². The van der Waals surface area contributed by atoms with E-state index in [1.54, 1.807) is 7.11 Å². The molecule has 0 aliphatic heterocycles. The van der Waals surface area contributed by atoms with Crippen LogP contribution in [0.4, 0.5) is 0 Å². The van der Waals surface area contributed by atoms with Gasteiger partial charge < -0.3 is 14.6 Å². The molecule has 3 rings (SSSR count). The Bertz CT molecular complexity index is 627. The van der Waals surface area contributed by atoms with Gasteiger partial charge in [0.05, 0.1) is 12.6 Å². The molecule has 0 amide bonds. The average Bonchev–Trinajstić information content (AvgIpc) is 2.74. The molecule has 0 bridgehead atoms. The summed E-state index contributed by atoms with van der Waals surface area (Å²) in [5.41, 5.74) is 5.60. The Morgan fingerprint density at radius 2 is 2.16 bits per heavy atom. The van der Waals surface area contributed by atoms with Gasteiger partial charge in [0, 0.05) is 24.2 Å². The summed E-state index contributed by atoms with van der Waals surface area (Å²) in [4.78, 5) is 0. The topological polar surface area (TPSA) is 26.2 Å². The first kappa shape index (κ1) is 12.5. The summed E-state index contributed by atoms with van der Waals surface area (Å²) in [6.07, 6.45) is 3.49. The van der Waals surface area contributed by atoms with Crippen molar-refractivity contribution in [3.63, 3.8) is 0 Å². The third kappa shape index (κ3) is 1.76. The number of benzene rings is 1. The molecule has 0 saturated heterocycles. The second kappa shape index (κ2) is 4.57. The minimum atomic E-state index is 0.601. The Hall–Kier alpha value is -1.48. The number of likely N-dealkylation sites (N-methyl/N-ethyl adjacent to an activating group) is 1. The lowest BCUT2D eigenvalue weighted by Gasteiger charge is -2.23. The Labute approximate surface area is 114 Å². The zero-order valence-corrected chi connectivity index (χ0v) is 12.2. The first-order valence-corrected chi connectivity index (χ1v) is 6.98. The van der Waals surface area contributed by atoms with Gasteiger partial charge >= 0.3 is 0 Å². The van der Waals surface area contributed by atoms with Crippen LogP contribution in [0.15, 0.2) is 12.1 Å². The minimum absolute atomic E-state index is 0.601. The molecule has 1 unspecified atom stereocenters. The fraction of sp³-hybridized carbons (Fsp3) is 0.500. The lowest BCUT2D eigenvalue weighted by atomic mass is 9.90. The summed E-state index contributed by atoms with van der Waals surface area (Å²) in [5.74, 6) is 0.985. The summed E-state index contributed by atoms with van der Waals surface area (Å²) < 4.78 is 7.89. The molecule has 1 aliphatic carbocycles. The van der Waals surface area contributed by atoms with Crippen LogP contribution in [0.3, 0.4) is 0 Å². The van der Waals surface area contributed by atoms with Crippen LogP contribution in [0.1, 0.15) is 23.2 Å². The number of ether oxygens (including phenoxy) is 1. The van der Waals surface area contributed by atoms with Gasteiger partial charge in [-0.2, -0.15) is 0 Å². The molecule has 19 heavy (non-hydrogen) atoms. The molecule has 1 N–H and O–H groups in total. The highest BCUT2D eigenvalue weighted by atomic mass is 16.5. The van der Waals surface area contributed by atoms with Crippen LogP contribution in [-0.2, 0) is 19.9 Å². The van der Waals surface area contributed by atoms with E-state index in [1.807, 2.05) is 0 Å². The van der Waals surface area contributed by atoms with Gasteiger partial charge in [-0.15, -0.1) is 0 Å². The molecule has 0 saturated carbocycles. The Kier molecular flexibility index (Phi) is 3.02. The largest absolute Gasteiger partial charge is 0.495 e. The summed E-state index contributed by atoms with van der Waals surface area (Å²) >= 11 is 0. The maximum atomic E-state index is 5.56. The zero-order chi connectivity index (χ0) is 13.6. The SMILES string of the molecule is CNC1CCc2c(c3c(C)ccc(OC)c3n2C)C1. The Balaban J connectivity index is 2.31. The van der Waals surface area contributed by atoms with Crippen molar-refractivity contribution in [3.05, 3.63) is 29.0 Å². The number of hydrogen-bond acceptors (Lipinski definition) is 2. The van der Waals surface area contributed by atoms with Gasteiger partial charge in [0.25, 0.3) is 0 Å². The number of nitrogens with one attached hydrogen (secondary N) is 1. The maximum absolute atomic E-state index is 5.56. The van der Waals surface area contributed by atoms with E-state index < -0.39 is 0 Å². The second-order valence-corrected chi connectivity index (χ2v) is 5.52. The van der Waals surface area contributed by atoms with Gasteiger partial charge in [-0.1, -0.05) is 6.07 Å². The first-order valence-electron chi connectivity index (χ1n) is 6.98. The second-order valence-electron chi connectivity index (χ2n) is 5.52. The van der Waals surface area contributed by atoms with Gasteiger partial charge in [-0.3, -0.25) is 0 Å². The molecule has 102 valence electrons. The molecule has 0 radical (unpaired) electrons. The summed E-state index contributed by atoms with van der Waals surface area (Å²) in [7, 11) is 5.99. The van der Waals surface area contributed by atoms with Crippen LogP contribution in [0, 0.1) is 6.92 Å². The minimum Gasteiger partial charge on any atom is -0.495 e. The molecular weight excluding hydrogens is 236 g/mol. The van der Waals surface area contributed by atoms with E-state index in [9.17, 15) is 0 Å². The monoisotopic (exact) mass is 258 g/mol. The lowest BCUT2D eigenvalue weighted by molar-refractivity contribution is 0.417. The highest BCUT2D eigenvalue weighted by molar-refractivity contribution is 5.93. The molecule has 3 nitrogen and oxygen atoms in total. The van der Waals surface area contributed by atoms with E-state index >= 15 is 0 Å². The van der Waals surface area contributed by atoms with Crippen molar-refractivity contribution in [1.29, 1.82) is 0 Å². The third-order valence-electron chi connectivity index (χ3n) is 4.55. The fourth-order valence-electron chi connectivity index (χ4n) is 3.48. The Morgan fingerprint density at radius 1 is 1.37 bits per heavy atom. The molecule has 2 aromatic rings. The molecule has 0 spiro atoms. The summed E-state index contributed by atoms with van der Waals surface area (Å²) in [5, 5.41) is 4.83. The lowest BCUT2D eigenvalue weighted by Crippen LogP contribution is -2.31. The van der Waals surface area contributed by atoms with Crippen LogP contribution >= 0.6 is 0 Å². The van der Waals surface area contributed by atoms with Crippen LogP contribution in [0.5, 0.6) is 5.75 Å². The standard InChI is InChI=1S/C16H22N2O/c1-10-5-8-14(19-4)16-15(10)12-9-11(17-2)6-7-13(12)18(16)3/h5,8,11,17H,6-7,9H2,1-4H3. The number of rotatable bonds is 2. The predicted molar refractivity (Wildman–Crippen MR) is 79.1 cm³/mol. The molecule has 1 aromatic heterocycles. The van der Waals surface area contributed by atoms with Gasteiger partial charge in [0.1, 0.15) is 5.75 Å². The van der Waals surface area contributed by atoms with Crippen LogP contribution in [0.2, 0.25) is 0 Å². The average molecular weight is 258 g/mol. The molecule has 3 heteroatoms. The summed E-state index contributed by atoms with van der Waals surface area (Å²) in [6.45, 7) is 2.20. The van der Waals surface area contributed by atoms with Crippen molar-refractivity contribution < 1.29 is 4.74 Å². The number of nitrogens with zero attached hydrogens (tertiary/aromatic N) is 1. The van der Waals surface area contributed by atoms with E-state index in [2.05, 4.69) is 43.0 Å². The van der Waals surface area contributed by atoms with Crippen LogP contribution in [0.25, 0.3) is 10.9 Å². The van der Waals surface area contributed by atoms with Crippen LogP contribution < -0.4 is 10.1 Å². The van der Waals surface area contributed by atoms with E-state index in [0.29, 0.717) is 6.04 Å². The first-order chi connectivity index (χ1) is 9.17. The molecule has 1 heterocycles. The highest BCUT2D eigenvalue weighted by Gasteiger charge is 2.25. The zero-order valence-electron chi connectivity index (χ0n) is 12.2. The van der Waals surface area contributed by atoms with Gasteiger partial charge in [0.2, 0.25) is 0 Å². The van der Waals surface area contributed by atoms with Gasteiger partial charge in [-0.25, -0.2) is 0 Å². The van der Waals surface area contributed by atoms with E-state index in [0.717, 1.165) is 18.6 Å². The van der Waals surface area contributed by atoms with Crippen molar-refractivity contribution >= 4 is 10.9 Å². The van der Waals surface area contributed by atoms with Gasteiger partial charge in [0.15, 0.2) is 0 Å². The van der Waals surface area contributed by atoms with Crippen molar-refractivity contribution in [2.24, 2.45) is 7.05 Å². The normalized spacial score (nSPS) is 18.6. The highest BCUT2D eigenvalue weighted by Crippen LogP contribution is 2.37. The number of methoxy groups -OCH3 is 1. The van der Waals surface area contributed by atoms with Crippen molar-refractivity contribution in [3.8, 4) is 5.75 Å². The molecule has 1 atom stereocenters. The summed E-state index contributed by atoms with van der Waals surface area (Å²) in [6, 6.07) is 4.85. The molecule has 0 fully saturated rings. The van der Waals surface area contributed by atoms with E-state index in [4.69, 9.17) is 4.74 Å². The number of fused-ring (bicyclic) bond motifs is 3. The van der Waals surface area contributed by atoms with Crippen molar-refractivity contribution in [1.82, 2.24) is 9.88 Å². The van der Waals surface area contributed by atoms with Crippen molar-refractivity contribution in [2.75, 3.05) is 14.2 Å². The van der Waals surface area contributed by atoms with Crippen LogP contribution in [-0.4, -0.2) is 24.8 Å². The number of aryl methyl sites for hydroxylation is 2. The third-order valence-corrected chi connectivity index (χ3v) is 4.55. The molecule has 1 aromatic carbocycles.